The molecule has 0 saturated carbocycles. The summed E-state index contributed by atoms with van der Waals surface area (Å²) in [7, 11) is 1.82. The molecule has 1 atom stereocenters. The minimum atomic E-state index is -0.692. The van der Waals surface area contributed by atoms with Gasteiger partial charge in [0, 0.05) is 32.9 Å². The number of halogens is 1. The van der Waals surface area contributed by atoms with E-state index in [4.69, 9.17) is 11.6 Å². The lowest BCUT2D eigenvalue weighted by Gasteiger charge is -2.44. The molecule has 1 unspecified atom stereocenters. The van der Waals surface area contributed by atoms with Gasteiger partial charge in [-0.2, -0.15) is 0 Å². The standard InChI is InChI=1S/C22H26ClN3O2/c1-24-16-18(23)15-19(24)20(27)26-13-6-11-22(26)10-5-12-25(21(22)28)14-9-17-7-3-2-4-8-17/h2-4,7-8,15-16H,5-6,9-14H2,1H3. The zero-order valence-corrected chi connectivity index (χ0v) is 17.0. The van der Waals surface area contributed by atoms with E-state index in [1.54, 1.807) is 16.8 Å². The lowest BCUT2D eigenvalue weighted by atomic mass is 9.85. The number of aryl methyl sites for hydroxylation is 1. The van der Waals surface area contributed by atoms with Gasteiger partial charge in [-0.15, -0.1) is 0 Å². The van der Waals surface area contributed by atoms with Crippen LogP contribution in [-0.4, -0.2) is 51.4 Å². The number of hydrogen-bond acceptors (Lipinski definition) is 2. The van der Waals surface area contributed by atoms with E-state index in [2.05, 4.69) is 12.1 Å². The number of nitrogens with zero attached hydrogens (tertiary/aromatic N) is 3. The second kappa shape index (κ2) is 7.63. The number of aromatic nitrogens is 1. The molecule has 0 bridgehead atoms. The predicted octanol–water partition coefficient (Wildman–Crippen LogP) is 3.52. The van der Waals surface area contributed by atoms with Crippen molar-refractivity contribution >= 4 is 23.4 Å². The molecule has 2 fully saturated rings. The van der Waals surface area contributed by atoms with Crippen LogP contribution < -0.4 is 0 Å². The van der Waals surface area contributed by atoms with Crippen molar-refractivity contribution < 1.29 is 9.59 Å². The van der Waals surface area contributed by atoms with E-state index in [1.807, 2.05) is 35.0 Å². The average molecular weight is 400 g/mol. The number of carbonyl (C=O) groups is 2. The molecular formula is C22H26ClN3O2. The van der Waals surface area contributed by atoms with Crippen LogP contribution in [0, 0.1) is 0 Å². The van der Waals surface area contributed by atoms with Gasteiger partial charge in [-0.3, -0.25) is 9.59 Å². The Morgan fingerprint density at radius 2 is 1.86 bits per heavy atom. The minimum Gasteiger partial charge on any atom is -0.345 e. The summed E-state index contributed by atoms with van der Waals surface area (Å²) < 4.78 is 1.75. The van der Waals surface area contributed by atoms with Crippen LogP contribution >= 0.6 is 11.6 Å². The summed E-state index contributed by atoms with van der Waals surface area (Å²) in [5.41, 5.74) is 1.08. The highest BCUT2D eigenvalue weighted by Crippen LogP contribution is 2.39. The molecule has 1 aromatic heterocycles. The quantitative estimate of drug-likeness (QED) is 0.789. The van der Waals surface area contributed by atoms with Crippen molar-refractivity contribution in [2.45, 2.75) is 37.6 Å². The molecule has 3 heterocycles. The van der Waals surface area contributed by atoms with Crippen molar-refractivity contribution in [3.8, 4) is 0 Å². The van der Waals surface area contributed by atoms with E-state index < -0.39 is 5.54 Å². The van der Waals surface area contributed by atoms with Crippen LogP contribution in [0.25, 0.3) is 0 Å². The predicted molar refractivity (Wildman–Crippen MR) is 109 cm³/mol. The molecule has 0 aliphatic carbocycles. The van der Waals surface area contributed by atoms with Crippen LogP contribution in [0.2, 0.25) is 5.02 Å². The molecule has 28 heavy (non-hydrogen) atoms. The summed E-state index contributed by atoms with van der Waals surface area (Å²) in [5.74, 6) is 0.0194. The van der Waals surface area contributed by atoms with Crippen LogP contribution in [0.4, 0.5) is 0 Å². The van der Waals surface area contributed by atoms with Crippen molar-refractivity contribution in [1.82, 2.24) is 14.4 Å². The van der Waals surface area contributed by atoms with Gasteiger partial charge in [0.2, 0.25) is 5.91 Å². The fourth-order valence-electron chi connectivity index (χ4n) is 4.72. The van der Waals surface area contributed by atoms with Gasteiger partial charge in [0.15, 0.2) is 0 Å². The number of benzene rings is 1. The third-order valence-electron chi connectivity index (χ3n) is 6.14. The van der Waals surface area contributed by atoms with E-state index in [-0.39, 0.29) is 11.8 Å². The van der Waals surface area contributed by atoms with E-state index in [0.29, 0.717) is 23.8 Å². The zero-order valence-electron chi connectivity index (χ0n) is 16.2. The molecule has 2 amide bonds. The summed E-state index contributed by atoms with van der Waals surface area (Å²) in [4.78, 5) is 30.5. The molecule has 2 aromatic rings. The highest BCUT2D eigenvalue weighted by molar-refractivity contribution is 6.31. The molecule has 2 saturated heterocycles. The second-order valence-corrected chi connectivity index (χ2v) is 8.31. The highest BCUT2D eigenvalue weighted by Gasteiger charge is 2.52. The van der Waals surface area contributed by atoms with Gasteiger partial charge in [0.25, 0.3) is 5.91 Å². The number of likely N-dealkylation sites (tertiary alicyclic amines) is 2. The Kier molecular flexibility index (Phi) is 5.19. The van der Waals surface area contributed by atoms with Gasteiger partial charge in [-0.25, -0.2) is 0 Å². The van der Waals surface area contributed by atoms with Gasteiger partial charge >= 0.3 is 0 Å². The number of carbonyl (C=O) groups excluding carboxylic acids is 2. The second-order valence-electron chi connectivity index (χ2n) is 7.88. The zero-order chi connectivity index (χ0) is 19.7. The molecule has 1 spiro atoms. The Balaban J connectivity index is 1.54. The van der Waals surface area contributed by atoms with Crippen molar-refractivity contribution in [3.05, 3.63) is 58.9 Å². The van der Waals surface area contributed by atoms with Gasteiger partial charge in [-0.1, -0.05) is 41.9 Å². The Morgan fingerprint density at radius 1 is 1.14 bits per heavy atom. The average Bonchev–Trinajstić information content (AvgIpc) is 3.26. The Bertz CT molecular complexity index is 879. The molecule has 2 aliphatic heterocycles. The van der Waals surface area contributed by atoms with Crippen molar-refractivity contribution in [2.24, 2.45) is 7.05 Å². The Morgan fingerprint density at radius 3 is 2.54 bits per heavy atom. The highest BCUT2D eigenvalue weighted by atomic mass is 35.5. The third-order valence-corrected chi connectivity index (χ3v) is 6.35. The van der Waals surface area contributed by atoms with Gasteiger partial charge in [0.1, 0.15) is 11.2 Å². The van der Waals surface area contributed by atoms with Crippen LogP contribution in [0.5, 0.6) is 0 Å². The van der Waals surface area contributed by atoms with Gasteiger partial charge in [0.05, 0.1) is 5.02 Å². The first-order valence-electron chi connectivity index (χ1n) is 9.98. The molecule has 6 heteroatoms. The van der Waals surface area contributed by atoms with Crippen LogP contribution in [0.3, 0.4) is 0 Å². The molecule has 148 valence electrons. The molecule has 5 nitrogen and oxygen atoms in total. The first-order chi connectivity index (χ1) is 13.5. The van der Waals surface area contributed by atoms with Gasteiger partial charge < -0.3 is 14.4 Å². The number of hydrogen-bond donors (Lipinski definition) is 0. The van der Waals surface area contributed by atoms with E-state index in [9.17, 15) is 9.59 Å². The number of amides is 2. The number of piperidine rings is 1. The van der Waals surface area contributed by atoms with Crippen molar-refractivity contribution in [3.63, 3.8) is 0 Å². The smallest absolute Gasteiger partial charge is 0.271 e. The molecule has 0 N–H and O–H groups in total. The lowest BCUT2D eigenvalue weighted by molar-refractivity contribution is -0.145. The van der Waals surface area contributed by atoms with Crippen molar-refractivity contribution in [1.29, 1.82) is 0 Å². The van der Waals surface area contributed by atoms with E-state index in [0.717, 1.165) is 38.6 Å². The normalized spacial score (nSPS) is 22.3. The fourth-order valence-corrected chi connectivity index (χ4v) is 4.97. The van der Waals surface area contributed by atoms with Crippen molar-refractivity contribution in [2.75, 3.05) is 19.6 Å². The van der Waals surface area contributed by atoms with Crippen LogP contribution in [0.1, 0.15) is 41.7 Å². The summed E-state index contributed by atoms with van der Waals surface area (Å²) in [6.07, 6.45) is 5.85. The third kappa shape index (κ3) is 3.32. The number of rotatable bonds is 4. The first kappa shape index (κ1) is 19.1. The lowest BCUT2D eigenvalue weighted by Crippen LogP contribution is -2.61. The minimum absolute atomic E-state index is 0.0924. The van der Waals surface area contributed by atoms with Crippen LogP contribution in [-0.2, 0) is 18.3 Å². The summed E-state index contributed by atoms with van der Waals surface area (Å²) >= 11 is 6.08. The maximum absolute atomic E-state index is 13.5. The monoisotopic (exact) mass is 399 g/mol. The summed E-state index contributed by atoms with van der Waals surface area (Å²) in [6.45, 7) is 2.09. The largest absolute Gasteiger partial charge is 0.345 e. The van der Waals surface area contributed by atoms with Gasteiger partial charge in [-0.05, 0) is 43.7 Å². The van der Waals surface area contributed by atoms with E-state index >= 15 is 0 Å². The molecule has 1 aromatic carbocycles. The molecule has 0 radical (unpaired) electrons. The maximum Gasteiger partial charge on any atom is 0.271 e. The van der Waals surface area contributed by atoms with Crippen LogP contribution in [0.15, 0.2) is 42.6 Å². The van der Waals surface area contributed by atoms with E-state index in [1.165, 1.54) is 5.56 Å². The summed E-state index contributed by atoms with van der Waals surface area (Å²) in [5, 5.41) is 0.540. The summed E-state index contributed by atoms with van der Waals surface area (Å²) in [6, 6.07) is 11.9. The Hall–Kier alpha value is -2.27. The SMILES string of the molecule is Cn1cc(Cl)cc1C(=O)N1CCCC12CCCN(CCc1ccccc1)C2=O. The topological polar surface area (TPSA) is 45.6 Å². The Labute approximate surface area is 170 Å². The first-order valence-corrected chi connectivity index (χ1v) is 10.4. The molecular weight excluding hydrogens is 374 g/mol. The molecule has 2 aliphatic rings. The molecule has 4 rings (SSSR count). The maximum atomic E-state index is 13.5. The fraction of sp³-hybridized carbons (Fsp3) is 0.455.